The average molecular weight is 273 g/mol. The molecule has 0 N–H and O–H groups in total. The molecule has 1 aromatic heterocycles. The number of carbonyl (C=O) groups excluding carboxylic acids is 1. The van der Waals surface area contributed by atoms with Gasteiger partial charge in [-0.2, -0.15) is 0 Å². The Kier molecular flexibility index (Phi) is 3.30. The van der Waals surface area contributed by atoms with Gasteiger partial charge in [-0.25, -0.2) is 4.39 Å². The van der Waals surface area contributed by atoms with Gasteiger partial charge in [-0.1, -0.05) is 12.1 Å². The van der Waals surface area contributed by atoms with Gasteiger partial charge in [0.2, 0.25) is 0 Å². The maximum atomic E-state index is 14.1. The lowest BCUT2D eigenvalue weighted by Gasteiger charge is -2.08. The van der Waals surface area contributed by atoms with Gasteiger partial charge in [0, 0.05) is 29.4 Å². The fraction of sp³-hybridized carbons (Fsp3) is 0.312. The van der Waals surface area contributed by atoms with Crippen LogP contribution in [0.1, 0.15) is 28.8 Å². The summed E-state index contributed by atoms with van der Waals surface area (Å²) in [6, 6.07) is 6.88. The second-order valence-electron chi connectivity index (χ2n) is 5.14. The second kappa shape index (κ2) is 5.12. The third-order valence-electron chi connectivity index (χ3n) is 3.60. The molecule has 1 fully saturated rings. The number of hydrogen-bond acceptors (Lipinski definition) is 2. The molecule has 0 bridgehead atoms. The van der Waals surface area contributed by atoms with Gasteiger partial charge >= 0.3 is 0 Å². The topological polar surface area (TPSA) is 31.2 Å². The molecule has 2 aromatic rings. The predicted octanol–water partition coefficient (Wildman–Crippen LogP) is 3.28. The van der Waals surface area contributed by atoms with E-state index in [1.807, 2.05) is 10.8 Å². The van der Waals surface area contributed by atoms with E-state index in [4.69, 9.17) is 4.74 Å². The number of hydrogen-bond donors (Lipinski definition) is 0. The van der Waals surface area contributed by atoms with Crippen molar-refractivity contribution in [2.24, 2.45) is 5.92 Å². The van der Waals surface area contributed by atoms with Crippen molar-refractivity contribution in [3.05, 3.63) is 53.6 Å². The summed E-state index contributed by atoms with van der Waals surface area (Å²) in [4.78, 5) is 11.9. The second-order valence-corrected chi connectivity index (χ2v) is 5.14. The van der Waals surface area contributed by atoms with Crippen LogP contribution in [-0.2, 0) is 6.54 Å². The minimum absolute atomic E-state index is 0.204. The number of halogens is 1. The maximum absolute atomic E-state index is 14.1. The van der Waals surface area contributed by atoms with E-state index in [-0.39, 0.29) is 23.3 Å². The van der Waals surface area contributed by atoms with Crippen molar-refractivity contribution in [1.82, 2.24) is 4.57 Å². The van der Waals surface area contributed by atoms with Gasteiger partial charge in [-0.05, 0) is 25.0 Å². The molecule has 1 saturated carbocycles. The summed E-state index contributed by atoms with van der Waals surface area (Å²) >= 11 is 0. The van der Waals surface area contributed by atoms with Crippen LogP contribution in [0.15, 0.2) is 36.7 Å². The summed E-state index contributed by atoms with van der Waals surface area (Å²) < 4.78 is 20.9. The quantitative estimate of drug-likeness (QED) is 0.783. The highest BCUT2D eigenvalue weighted by Gasteiger charge is 2.30. The zero-order chi connectivity index (χ0) is 14.1. The zero-order valence-electron chi connectivity index (χ0n) is 11.3. The molecular formula is C16H16FNO2. The van der Waals surface area contributed by atoms with E-state index < -0.39 is 0 Å². The van der Waals surface area contributed by atoms with E-state index in [0.717, 1.165) is 18.4 Å². The van der Waals surface area contributed by atoms with Crippen LogP contribution in [0.4, 0.5) is 4.39 Å². The third kappa shape index (κ3) is 2.46. The molecule has 3 rings (SSSR count). The largest absolute Gasteiger partial charge is 0.494 e. The minimum atomic E-state index is -0.348. The molecule has 1 aliphatic carbocycles. The predicted molar refractivity (Wildman–Crippen MR) is 73.5 cm³/mol. The number of rotatable bonds is 5. The lowest BCUT2D eigenvalue weighted by molar-refractivity contribution is 0.0967. The molecule has 0 saturated heterocycles. The van der Waals surface area contributed by atoms with Gasteiger partial charge in [0.15, 0.2) is 17.3 Å². The van der Waals surface area contributed by atoms with Crippen molar-refractivity contribution < 1.29 is 13.9 Å². The highest BCUT2D eigenvalue weighted by atomic mass is 19.1. The first-order valence-corrected chi connectivity index (χ1v) is 6.70. The van der Waals surface area contributed by atoms with Crippen molar-refractivity contribution >= 4 is 5.78 Å². The van der Waals surface area contributed by atoms with Crippen molar-refractivity contribution in [2.45, 2.75) is 19.4 Å². The van der Waals surface area contributed by atoms with Gasteiger partial charge in [-0.3, -0.25) is 4.79 Å². The smallest absolute Gasteiger partial charge is 0.170 e. The molecule has 4 heteroatoms. The summed E-state index contributed by atoms with van der Waals surface area (Å²) in [6.07, 6.45) is 5.59. The number of methoxy groups -OCH3 is 1. The Morgan fingerprint density at radius 1 is 1.40 bits per heavy atom. The first-order chi connectivity index (χ1) is 9.69. The lowest BCUT2D eigenvalue weighted by Crippen LogP contribution is -2.02. The van der Waals surface area contributed by atoms with Crippen LogP contribution in [0.5, 0.6) is 5.75 Å². The van der Waals surface area contributed by atoms with Crippen LogP contribution in [-0.4, -0.2) is 17.5 Å². The van der Waals surface area contributed by atoms with Crippen molar-refractivity contribution in [2.75, 3.05) is 7.11 Å². The number of Topliss-reactive ketones (excluding diaryl/α,β-unsaturated/α-hetero) is 1. The molecule has 3 nitrogen and oxygen atoms in total. The fourth-order valence-electron chi connectivity index (χ4n) is 2.30. The molecule has 104 valence electrons. The lowest BCUT2D eigenvalue weighted by atomic mass is 10.1. The number of ether oxygens (including phenoxy) is 1. The van der Waals surface area contributed by atoms with Gasteiger partial charge in [0.05, 0.1) is 13.7 Å². The van der Waals surface area contributed by atoms with Crippen LogP contribution < -0.4 is 4.74 Å². The molecule has 0 radical (unpaired) electrons. The summed E-state index contributed by atoms with van der Waals surface area (Å²) in [5.41, 5.74) is 1.26. The van der Waals surface area contributed by atoms with Gasteiger partial charge in [0.1, 0.15) is 0 Å². The van der Waals surface area contributed by atoms with Crippen LogP contribution >= 0.6 is 0 Å². The molecule has 1 aliphatic rings. The summed E-state index contributed by atoms with van der Waals surface area (Å²) in [7, 11) is 1.45. The first-order valence-electron chi connectivity index (χ1n) is 6.70. The van der Waals surface area contributed by atoms with E-state index in [1.165, 1.54) is 7.11 Å². The molecule has 0 amide bonds. The third-order valence-corrected chi connectivity index (χ3v) is 3.60. The van der Waals surface area contributed by atoms with Crippen LogP contribution in [0, 0.1) is 11.7 Å². The molecule has 0 unspecified atom stereocenters. The van der Waals surface area contributed by atoms with Crippen LogP contribution in [0.25, 0.3) is 0 Å². The number of nitrogens with zero attached hydrogens (tertiary/aromatic N) is 1. The summed E-state index contributed by atoms with van der Waals surface area (Å²) in [5, 5.41) is 0. The molecule has 1 aromatic carbocycles. The van der Waals surface area contributed by atoms with Crippen LogP contribution in [0.3, 0.4) is 0 Å². The Hall–Kier alpha value is -2.10. The normalized spacial score (nSPS) is 14.3. The fourth-order valence-corrected chi connectivity index (χ4v) is 2.30. The van der Waals surface area contributed by atoms with Crippen molar-refractivity contribution in [3.8, 4) is 5.75 Å². The SMILES string of the molecule is COc1cccc(Cn2ccc(C(=O)C3CC3)c2)c1F. The molecule has 0 aliphatic heterocycles. The Labute approximate surface area is 117 Å². The minimum Gasteiger partial charge on any atom is -0.494 e. The highest BCUT2D eigenvalue weighted by molar-refractivity contribution is 5.99. The highest BCUT2D eigenvalue weighted by Crippen LogP contribution is 2.32. The van der Waals surface area contributed by atoms with Crippen molar-refractivity contribution in [3.63, 3.8) is 0 Å². The molecule has 1 heterocycles. The Morgan fingerprint density at radius 2 is 2.20 bits per heavy atom. The number of aromatic nitrogens is 1. The van der Waals surface area contributed by atoms with Crippen LogP contribution in [0.2, 0.25) is 0 Å². The Bertz CT molecular complexity index is 644. The van der Waals surface area contributed by atoms with E-state index in [2.05, 4.69) is 0 Å². The molecular weight excluding hydrogens is 257 g/mol. The van der Waals surface area contributed by atoms with E-state index in [1.54, 1.807) is 30.5 Å². The number of ketones is 1. The standard InChI is InChI=1S/C16H16FNO2/c1-20-14-4-2-3-12(15(14)17)9-18-8-7-13(10-18)16(19)11-5-6-11/h2-4,7-8,10-11H,5-6,9H2,1H3. The monoisotopic (exact) mass is 273 g/mol. The van der Waals surface area contributed by atoms with Gasteiger partial charge in [0.25, 0.3) is 0 Å². The summed E-state index contributed by atoms with van der Waals surface area (Å²) in [6.45, 7) is 0.390. The number of benzene rings is 1. The first kappa shape index (κ1) is 12.9. The molecule has 20 heavy (non-hydrogen) atoms. The average Bonchev–Trinajstić information content (AvgIpc) is 3.20. The van der Waals surface area contributed by atoms with Crippen molar-refractivity contribution in [1.29, 1.82) is 0 Å². The molecule has 0 atom stereocenters. The summed E-state index contributed by atoms with van der Waals surface area (Å²) in [5.74, 6) is 0.303. The van der Waals surface area contributed by atoms with Gasteiger partial charge < -0.3 is 9.30 Å². The molecule has 0 spiro atoms. The van der Waals surface area contributed by atoms with E-state index in [9.17, 15) is 9.18 Å². The maximum Gasteiger partial charge on any atom is 0.170 e. The Morgan fingerprint density at radius 3 is 2.90 bits per heavy atom. The van der Waals surface area contributed by atoms with E-state index in [0.29, 0.717) is 12.1 Å². The Balaban J connectivity index is 1.79. The zero-order valence-corrected chi connectivity index (χ0v) is 11.3. The number of carbonyl (C=O) groups is 1. The van der Waals surface area contributed by atoms with E-state index >= 15 is 0 Å². The van der Waals surface area contributed by atoms with Gasteiger partial charge in [-0.15, -0.1) is 0 Å².